The summed E-state index contributed by atoms with van der Waals surface area (Å²) in [5.74, 6) is -0.655. The molecular formula is C13H16ClNO5S. The predicted octanol–water partition coefficient (Wildman–Crippen LogP) is 1.63. The number of ether oxygens (including phenoxy) is 2. The highest BCUT2D eigenvalue weighted by atomic mass is 35.5. The van der Waals surface area contributed by atoms with Gasteiger partial charge in [0.2, 0.25) is 10.0 Å². The lowest BCUT2D eigenvalue weighted by molar-refractivity contribution is 0.0161. The molecule has 2 rings (SSSR count). The number of sulfonamides is 1. The van der Waals surface area contributed by atoms with Crippen LogP contribution in [-0.4, -0.2) is 33.7 Å². The first-order valence-electron chi connectivity index (χ1n) is 6.40. The van der Waals surface area contributed by atoms with Crippen molar-refractivity contribution in [3.63, 3.8) is 0 Å². The van der Waals surface area contributed by atoms with Gasteiger partial charge in [-0.25, -0.2) is 18.4 Å². The van der Waals surface area contributed by atoms with Crippen LogP contribution in [0.3, 0.4) is 0 Å². The van der Waals surface area contributed by atoms with Gasteiger partial charge >= 0.3 is 5.97 Å². The number of hydrogen-bond acceptors (Lipinski definition) is 5. The Labute approximate surface area is 128 Å². The Morgan fingerprint density at radius 2 is 2.24 bits per heavy atom. The molecule has 8 heteroatoms. The minimum absolute atomic E-state index is 0.0487. The van der Waals surface area contributed by atoms with Crippen molar-refractivity contribution in [2.45, 2.75) is 30.8 Å². The van der Waals surface area contributed by atoms with Crippen LogP contribution in [0.5, 0.6) is 0 Å². The molecule has 1 fully saturated rings. The number of benzene rings is 1. The Balaban J connectivity index is 2.19. The van der Waals surface area contributed by atoms with Crippen LogP contribution in [0.2, 0.25) is 5.02 Å². The number of carbonyl (C=O) groups excluding carboxylic acids is 1. The van der Waals surface area contributed by atoms with Crippen molar-refractivity contribution in [3.05, 3.63) is 28.3 Å². The van der Waals surface area contributed by atoms with E-state index in [0.717, 1.165) is 12.8 Å². The summed E-state index contributed by atoms with van der Waals surface area (Å²) in [6, 6.07) is 2.54. The second-order valence-electron chi connectivity index (χ2n) is 4.86. The fourth-order valence-corrected chi connectivity index (χ4v) is 3.20. The van der Waals surface area contributed by atoms with Gasteiger partial charge < -0.3 is 9.47 Å². The molecule has 0 amide bonds. The molecule has 0 aliphatic carbocycles. The van der Waals surface area contributed by atoms with Crippen LogP contribution < -0.4 is 5.14 Å². The molecule has 21 heavy (non-hydrogen) atoms. The Morgan fingerprint density at radius 1 is 1.52 bits per heavy atom. The second kappa shape index (κ2) is 6.31. The van der Waals surface area contributed by atoms with E-state index < -0.39 is 16.0 Å². The SMILES string of the molecule is Cc1c(Cl)cc(C(=O)OCC2CCCO2)cc1S(N)(=O)=O. The maximum absolute atomic E-state index is 12.0. The third-order valence-electron chi connectivity index (χ3n) is 3.26. The monoisotopic (exact) mass is 333 g/mol. The van der Waals surface area contributed by atoms with Crippen molar-refractivity contribution in [2.24, 2.45) is 5.14 Å². The van der Waals surface area contributed by atoms with E-state index in [1.165, 1.54) is 19.1 Å². The largest absolute Gasteiger partial charge is 0.459 e. The third-order valence-corrected chi connectivity index (χ3v) is 4.69. The summed E-state index contributed by atoms with van der Waals surface area (Å²) in [4.78, 5) is 11.8. The zero-order chi connectivity index (χ0) is 15.6. The fourth-order valence-electron chi connectivity index (χ4n) is 2.09. The van der Waals surface area contributed by atoms with E-state index in [4.69, 9.17) is 26.2 Å². The van der Waals surface area contributed by atoms with Gasteiger partial charge in [-0.1, -0.05) is 11.6 Å². The van der Waals surface area contributed by atoms with E-state index in [-0.39, 0.29) is 28.2 Å². The lowest BCUT2D eigenvalue weighted by Crippen LogP contribution is -2.19. The lowest BCUT2D eigenvalue weighted by Gasteiger charge is -2.12. The molecule has 0 bridgehead atoms. The summed E-state index contributed by atoms with van der Waals surface area (Å²) < 4.78 is 33.4. The first-order valence-corrected chi connectivity index (χ1v) is 8.33. The van der Waals surface area contributed by atoms with E-state index in [0.29, 0.717) is 12.2 Å². The van der Waals surface area contributed by atoms with Crippen molar-refractivity contribution >= 4 is 27.6 Å². The highest BCUT2D eigenvalue weighted by Crippen LogP contribution is 2.25. The summed E-state index contributed by atoms with van der Waals surface area (Å²) in [5, 5.41) is 5.25. The minimum atomic E-state index is -3.96. The molecule has 1 aliphatic heterocycles. The van der Waals surface area contributed by atoms with Gasteiger partial charge in [-0.3, -0.25) is 0 Å². The maximum atomic E-state index is 12.0. The van der Waals surface area contributed by atoms with Crippen molar-refractivity contribution in [1.82, 2.24) is 0 Å². The summed E-state index contributed by atoms with van der Waals surface area (Å²) >= 11 is 5.94. The van der Waals surface area contributed by atoms with E-state index >= 15 is 0 Å². The molecule has 1 heterocycles. The summed E-state index contributed by atoms with van der Waals surface area (Å²) in [5.41, 5.74) is 0.350. The smallest absolute Gasteiger partial charge is 0.338 e. The van der Waals surface area contributed by atoms with Crippen LogP contribution in [0.4, 0.5) is 0 Å². The van der Waals surface area contributed by atoms with Crippen molar-refractivity contribution in [3.8, 4) is 0 Å². The van der Waals surface area contributed by atoms with Crippen molar-refractivity contribution in [2.75, 3.05) is 13.2 Å². The van der Waals surface area contributed by atoms with Crippen LogP contribution >= 0.6 is 11.6 Å². The average Bonchev–Trinajstić information content (AvgIpc) is 2.90. The summed E-state index contributed by atoms with van der Waals surface area (Å²) in [6.45, 7) is 2.31. The van der Waals surface area contributed by atoms with E-state index in [1.54, 1.807) is 0 Å². The van der Waals surface area contributed by atoms with Crippen LogP contribution in [0.25, 0.3) is 0 Å². The average molecular weight is 334 g/mol. The molecule has 1 saturated heterocycles. The van der Waals surface area contributed by atoms with E-state index in [1.807, 2.05) is 0 Å². The third kappa shape index (κ3) is 3.94. The molecule has 6 nitrogen and oxygen atoms in total. The number of esters is 1. The topological polar surface area (TPSA) is 95.7 Å². The number of rotatable bonds is 4. The molecule has 1 aromatic carbocycles. The van der Waals surface area contributed by atoms with Gasteiger partial charge in [0.25, 0.3) is 0 Å². The molecule has 116 valence electrons. The number of halogens is 1. The van der Waals surface area contributed by atoms with Gasteiger partial charge in [0.15, 0.2) is 0 Å². The van der Waals surface area contributed by atoms with Gasteiger partial charge in [-0.15, -0.1) is 0 Å². The number of primary sulfonamides is 1. The number of nitrogens with two attached hydrogens (primary N) is 1. The van der Waals surface area contributed by atoms with Gasteiger partial charge in [0.05, 0.1) is 16.6 Å². The molecule has 0 aromatic heterocycles. The molecule has 0 saturated carbocycles. The molecule has 0 spiro atoms. The van der Waals surface area contributed by atoms with E-state index in [2.05, 4.69) is 0 Å². The van der Waals surface area contributed by atoms with Crippen LogP contribution in [0.15, 0.2) is 17.0 Å². The normalized spacial score (nSPS) is 18.7. The first kappa shape index (κ1) is 16.2. The van der Waals surface area contributed by atoms with Gasteiger partial charge in [-0.05, 0) is 37.5 Å². The predicted molar refractivity (Wildman–Crippen MR) is 76.8 cm³/mol. The number of hydrogen-bond donors (Lipinski definition) is 1. The summed E-state index contributed by atoms with van der Waals surface area (Å²) in [7, 11) is -3.96. The molecular weight excluding hydrogens is 318 g/mol. The summed E-state index contributed by atoms with van der Waals surface area (Å²) in [6.07, 6.45) is 1.67. The molecule has 1 aromatic rings. The quantitative estimate of drug-likeness (QED) is 0.845. The van der Waals surface area contributed by atoms with Crippen LogP contribution in [0.1, 0.15) is 28.8 Å². The van der Waals surface area contributed by atoms with E-state index in [9.17, 15) is 13.2 Å². The standard InChI is InChI=1S/C13H16ClNO5S/c1-8-11(14)5-9(6-12(8)21(15,17)18)13(16)20-7-10-3-2-4-19-10/h5-6,10H,2-4,7H2,1H3,(H2,15,17,18). The highest BCUT2D eigenvalue weighted by Gasteiger charge is 2.21. The molecule has 0 radical (unpaired) electrons. The van der Waals surface area contributed by atoms with Gasteiger partial charge in [-0.2, -0.15) is 0 Å². The lowest BCUT2D eigenvalue weighted by atomic mass is 10.1. The van der Waals surface area contributed by atoms with Crippen LogP contribution in [0, 0.1) is 6.92 Å². The Hall–Kier alpha value is -1.15. The second-order valence-corrected chi connectivity index (χ2v) is 6.80. The van der Waals surface area contributed by atoms with Crippen molar-refractivity contribution in [1.29, 1.82) is 0 Å². The number of carbonyl (C=O) groups is 1. The fraction of sp³-hybridized carbons (Fsp3) is 0.462. The Kier molecular flexibility index (Phi) is 4.88. The van der Waals surface area contributed by atoms with Gasteiger partial charge in [0, 0.05) is 11.6 Å². The van der Waals surface area contributed by atoms with Gasteiger partial charge in [0.1, 0.15) is 6.61 Å². The highest BCUT2D eigenvalue weighted by molar-refractivity contribution is 7.89. The maximum Gasteiger partial charge on any atom is 0.338 e. The first-order chi connectivity index (χ1) is 9.79. The molecule has 1 atom stereocenters. The zero-order valence-corrected chi connectivity index (χ0v) is 13.0. The molecule has 1 aliphatic rings. The van der Waals surface area contributed by atoms with Crippen molar-refractivity contribution < 1.29 is 22.7 Å². The zero-order valence-electron chi connectivity index (χ0n) is 11.5. The molecule has 1 unspecified atom stereocenters. The molecule has 2 N–H and O–H groups in total. The Bertz CT molecular complexity index is 653. The van der Waals surface area contributed by atoms with Crippen LogP contribution in [-0.2, 0) is 19.5 Å². The Morgan fingerprint density at radius 3 is 2.81 bits per heavy atom. The minimum Gasteiger partial charge on any atom is -0.459 e.